The number of benzene rings is 2. The molecule has 2 N–H and O–H groups in total. The lowest BCUT2D eigenvalue weighted by molar-refractivity contribution is -0.674. The van der Waals surface area contributed by atoms with Gasteiger partial charge in [0.1, 0.15) is 11.5 Å². The summed E-state index contributed by atoms with van der Waals surface area (Å²) in [5.41, 5.74) is 1.61. The van der Waals surface area contributed by atoms with E-state index in [-0.39, 0.29) is 18.2 Å². The molecular weight excluding hydrogens is 368 g/mol. The Hall–Kier alpha value is -2.57. The van der Waals surface area contributed by atoms with Gasteiger partial charge in [-0.25, -0.2) is 4.90 Å². The van der Waals surface area contributed by atoms with E-state index in [4.69, 9.17) is 21.1 Å². The molecule has 142 valence electrons. The molecule has 0 saturated carbocycles. The van der Waals surface area contributed by atoms with Crippen LogP contribution < -0.4 is 19.7 Å². The van der Waals surface area contributed by atoms with E-state index in [1.807, 2.05) is 29.6 Å². The second kappa shape index (κ2) is 8.41. The van der Waals surface area contributed by atoms with Crippen LogP contribution in [-0.2, 0) is 16.0 Å². The predicted molar refractivity (Wildman–Crippen MR) is 102 cm³/mol. The van der Waals surface area contributed by atoms with E-state index in [0.717, 1.165) is 12.0 Å². The molecule has 7 heteroatoms. The number of anilines is 1. The van der Waals surface area contributed by atoms with Gasteiger partial charge in [0.05, 0.1) is 32.9 Å². The van der Waals surface area contributed by atoms with E-state index >= 15 is 0 Å². The zero-order chi connectivity index (χ0) is 19.4. The Morgan fingerprint density at radius 1 is 1.07 bits per heavy atom. The fraction of sp³-hybridized carbons (Fsp3) is 0.300. The number of carbonyl (C=O) groups is 2. The number of carbonyl (C=O) groups excluding carboxylic acids is 2. The van der Waals surface area contributed by atoms with Crippen LogP contribution in [0.1, 0.15) is 12.0 Å². The lowest BCUT2D eigenvalue weighted by atomic mass is 10.1. The maximum Gasteiger partial charge on any atom is 0.292 e. The van der Waals surface area contributed by atoms with Crippen LogP contribution in [0.5, 0.6) is 11.5 Å². The summed E-state index contributed by atoms with van der Waals surface area (Å²) in [6.45, 7) is 0.709. The smallest absolute Gasteiger partial charge is 0.292 e. The number of nitrogens with zero attached hydrogens (tertiary/aromatic N) is 1. The van der Waals surface area contributed by atoms with E-state index in [2.05, 4.69) is 0 Å². The molecule has 0 aromatic heterocycles. The lowest BCUT2D eigenvalue weighted by Gasteiger charge is -2.16. The molecule has 2 aromatic rings. The number of hydrogen-bond donors (Lipinski definition) is 1. The highest BCUT2D eigenvalue weighted by Crippen LogP contribution is 2.31. The Balaban J connectivity index is 1.67. The average molecular weight is 390 g/mol. The molecule has 27 heavy (non-hydrogen) atoms. The third-order valence-corrected chi connectivity index (χ3v) is 4.83. The first-order valence-corrected chi connectivity index (χ1v) is 9.07. The predicted octanol–water partition coefficient (Wildman–Crippen LogP) is 1.80. The Bertz CT molecular complexity index is 816. The Morgan fingerprint density at radius 3 is 2.30 bits per heavy atom. The van der Waals surface area contributed by atoms with Gasteiger partial charge in [-0.05, 0) is 17.7 Å². The van der Waals surface area contributed by atoms with Gasteiger partial charge >= 0.3 is 0 Å². The van der Waals surface area contributed by atoms with E-state index in [1.165, 1.54) is 19.1 Å². The lowest BCUT2D eigenvalue weighted by Crippen LogP contribution is -2.92. The standard InChI is InChI=1S/C20H21ClN2O4/c1-26-16-9-15(10-17(11-16)27-2)23-19(24)12-18(20(23)25)22-8-7-13-3-5-14(21)6-4-13/h3-6,9-11,18,22H,7-8,12H2,1-2H3/p+1/t18-/m0/s1. The van der Waals surface area contributed by atoms with Gasteiger partial charge in [-0.2, -0.15) is 0 Å². The first kappa shape index (κ1) is 19.2. The highest BCUT2D eigenvalue weighted by Gasteiger charge is 2.42. The van der Waals surface area contributed by atoms with Gasteiger partial charge in [0.15, 0.2) is 6.04 Å². The molecule has 0 unspecified atom stereocenters. The van der Waals surface area contributed by atoms with Crippen molar-refractivity contribution in [3.63, 3.8) is 0 Å². The summed E-state index contributed by atoms with van der Waals surface area (Å²) < 4.78 is 10.5. The van der Waals surface area contributed by atoms with E-state index in [0.29, 0.717) is 28.8 Å². The largest absolute Gasteiger partial charge is 0.497 e. The fourth-order valence-electron chi connectivity index (χ4n) is 3.13. The van der Waals surface area contributed by atoms with Crippen LogP contribution in [0.3, 0.4) is 0 Å². The normalized spacial score (nSPS) is 16.7. The molecule has 1 saturated heterocycles. The summed E-state index contributed by atoms with van der Waals surface area (Å²) in [4.78, 5) is 26.4. The minimum Gasteiger partial charge on any atom is -0.497 e. The van der Waals surface area contributed by atoms with Crippen LogP contribution in [0.15, 0.2) is 42.5 Å². The van der Waals surface area contributed by atoms with Crippen LogP contribution >= 0.6 is 11.6 Å². The number of methoxy groups -OCH3 is 2. The summed E-state index contributed by atoms with van der Waals surface area (Å²) in [7, 11) is 3.05. The van der Waals surface area contributed by atoms with Crippen molar-refractivity contribution in [2.24, 2.45) is 0 Å². The van der Waals surface area contributed by atoms with Gasteiger partial charge in [-0.3, -0.25) is 9.59 Å². The molecule has 2 amide bonds. The van der Waals surface area contributed by atoms with E-state index < -0.39 is 6.04 Å². The first-order chi connectivity index (χ1) is 13.0. The Morgan fingerprint density at radius 2 is 1.70 bits per heavy atom. The third-order valence-electron chi connectivity index (χ3n) is 4.57. The molecule has 1 atom stereocenters. The molecule has 0 radical (unpaired) electrons. The van der Waals surface area contributed by atoms with Gasteiger partial charge in [0, 0.05) is 29.6 Å². The molecule has 2 aromatic carbocycles. The molecule has 0 spiro atoms. The Kier molecular flexibility index (Phi) is 5.98. The topological polar surface area (TPSA) is 72.5 Å². The van der Waals surface area contributed by atoms with Crippen molar-refractivity contribution in [1.29, 1.82) is 0 Å². The number of hydrogen-bond acceptors (Lipinski definition) is 4. The number of ether oxygens (including phenoxy) is 2. The Labute approximate surface area is 163 Å². The van der Waals surface area contributed by atoms with Crippen LogP contribution in [0.25, 0.3) is 0 Å². The summed E-state index contributed by atoms with van der Waals surface area (Å²) >= 11 is 5.89. The van der Waals surface area contributed by atoms with Crippen LogP contribution in [0, 0.1) is 0 Å². The van der Waals surface area contributed by atoms with E-state index in [9.17, 15) is 9.59 Å². The monoisotopic (exact) mass is 389 g/mol. The van der Waals surface area contributed by atoms with Crippen molar-refractivity contribution in [3.05, 3.63) is 53.1 Å². The number of amides is 2. The molecule has 6 nitrogen and oxygen atoms in total. The maximum atomic E-state index is 12.8. The molecule has 1 fully saturated rings. The van der Waals surface area contributed by atoms with Crippen molar-refractivity contribution in [2.45, 2.75) is 18.9 Å². The zero-order valence-electron chi connectivity index (χ0n) is 15.3. The second-order valence-electron chi connectivity index (χ2n) is 6.35. The number of quaternary nitrogens is 1. The number of rotatable bonds is 7. The van der Waals surface area contributed by atoms with Gasteiger partial charge < -0.3 is 14.8 Å². The zero-order valence-corrected chi connectivity index (χ0v) is 16.0. The SMILES string of the molecule is COc1cc(OC)cc(N2C(=O)C[C@H]([NH2+]CCc3ccc(Cl)cc3)C2=O)c1. The third kappa shape index (κ3) is 4.40. The summed E-state index contributed by atoms with van der Waals surface area (Å²) in [5, 5.41) is 2.62. The molecule has 1 heterocycles. The minimum absolute atomic E-state index is 0.180. The highest BCUT2D eigenvalue weighted by molar-refractivity contribution is 6.30. The van der Waals surface area contributed by atoms with Crippen molar-refractivity contribution in [2.75, 3.05) is 25.7 Å². The first-order valence-electron chi connectivity index (χ1n) is 8.69. The van der Waals surface area contributed by atoms with Crippen molar-refractivity contribution in [1.82, 2.24) is 0 Å². The highest BCUT2D eigenvalue weighted by atomic mass is 35.5. The van der Waals surface area contributed by atoms with Crippen molar-refractivity contribution in [3.8, 4) is 11.5 Å². The van der Waals surface area contributed by atoms with Gasteiger partial charge in [0.25, 0.3) is 5.91 Å². The molecule has 1 aliphatic rings. The van der Waals surface area contributed by atoms with E-state index in [1.54, 1.807) is 18.2 Å². The molecule has 0 aliphatic carbocycles. The fourth-order valence-corrected chi connectivity index (χ4v) is 3.26. The molecule has 1 aliphatic heterocycles. The molecule has 3 rings (SSSR count). The van der Waals surface area contributed by atoms with Gasteiger partial charge in [-0.1, -0.05) is 23.7 Å². The number of halogens is 1. The summed E-state index contributed by atoms with van der Waals surface area (Å²) in [6.07, 6.45) is 0.973. The number of imide groups is 1. The molecule has 0 bridgehead atoms. The van der Waals surface area contributed by atoms with Gasteiger partial charge in [0.2, 0.25) is 5.91 Å². The van der Waals surface area contributed by atoms with Crippen molar-refractivity contribution >= 4 is 29.1 Å². The number of nitrogens with two attached hydrogens (primary N) is 1. The average Bonchev–Trinajstić information content (AvgIpc) is 2.96. The van der Waals surface area contributed by atoms with Crippen LogP contribution in [0.4, 0.5) is 5.69 Å². The maximum absolute atomic E-state index is 12.8. The quantitative estimate of drug-likeness (QED) is 0.733. The summed E-state index contributed by atoms with van der Waals surface area (Å²) in [5.74, 6) is 0.620. The van der Waals surface area contributed by atoms with Gasteiger partial charge in [-0.15, -0.1) is 0 Å². The minimum atomic E-state index is -0.415. The summed E-state index contributed by atoms with van der Waals surface area (Å²) in [6, 6.07) is 12.2. The van der Waals surface area contributed by atoms with Crippen LogP contribution in [-0.4, -0.2) is 38.6 Å². The van der Waals surface area contributed by atoms with Crippen LogP contribution in [0.2, 0.25) is 5.02 Å². The van der Waals surface area contributed by atoms with Crippen molar-refractivity contribution < 1.29 is 24.4 Å². The second-order valence-corrected chi connectivity index (χ2v) is 6.79. The molecular formula is C20H22ClN2O4+.